The highest BCUT2D eigenvalue weighted by molar-refractivity contribution is 7.98. The second-order valence-corrected chi connectivity index (χ2v) is 5.77. The van der Waals surface area contributed by atoms with Crippen molar-refractivity contribution in [1.82, 2.24) is 4.90 Å². The Bertz CT molecular complexity index is 442. The number of nitrogen functional groups attached to an aromatic ring is 1. The summed E-state index contributed by atoms with van der Waals surface area (Å²) in [5.41, 5.74) is 6.83. The zero-order chi connectivity index (χ0) is 14.4. The summed E-state index contributed by atoms with van der Waals surface area (Å²) in [6.07, 6.45) is 2.05. The van der Waals surface area contributed by atoms with Crippen LogP contribution in [-0.2, 0) is 4.79 Å². The molecule has 0 aromatic heterocycles. The lowest BCUT2D eigenvalue weighted by Gasteiger charge is -2.23. The molecule has 1 rings (SSSR count). The van der Waals surface area contributed by atoms with E-state index in [-0.39, 0.29) is 11.9 Å². The van der Waals surface area contributed by atoms with Gasteiger partial charge in [-0.25, -0.2) is 0 Å². The number of nitrogens with one attached hydrogen (secondary N) is 1. The van der Waals surface area contributed by atoms with Gasteiger partial charge in [-0.1, -0.05) is 11.6 Å². The van der Waals surface area contributed by atoms with Gasteiger partial charge in [0.15, 0.2) is 0 Å². The van der Waals surface area contributed by atoms with Gasteiger partial charge in [-0.15, -0.1) is 0 Å². The maximum absolute atomic E-state index is 12.1. The highest BCUT2D eigenvalue weighted by Crippen LogP contribution is 2.22. The lowest BCUT2D eigenvalue weighted by molar-refractivity contribution is -0.120. The standard InChI is InChI=1S/C13H20ClN3OS/c1-9(17(2)6-7-19-3)13(18)16-10-4-5-11(14)12(15)8-10/h4-5,8-9H,6-7,15H2,1-3H3,(H,16,18). The molecule has 0 fully saturated rings. The van der Waals surface area contributed by atoms with Crippen molar-refractivity contribution in [3.63, 3.8) is 0 Å². The molecule has 0 aliphatic carbocycles. The van der Waals surface area contributed by atoms with Gasteiger partial charge in [0.2, 0.25) is 5.91 Å². The smallest absolute Gasteiger partial charge is 0.241 e. The Kier molecular flexibility index (Phi) is 6.48. The van der Waals surface area contributed by atoms with E-state index in [0.29, 0.717) is 16.4 Å². The van der Waals surface area contributed by atoms with Crippen LogP contribution >= 0.6 is 23.4 Å². The Labute approximate surface area is 123 Å². The number of anilines is 2. The fraction of sp³-hybridized carbons (Fsp3) is 0.462. The molecular weight excluding hydrogens is 282 g/mol. The van der Waals surface area contributed by atoms with E-state index in [9.17, 15) is 4.79 Å². The molecule has 0 bridgehead atoms. The Morgan fingerprint density at radius 3 is 2.84 bits per heavy atom. The molecule has 1 amide bonds. The first-order chi connectivity index (χ1) is 8.95. The monoisotopic (exact) mass is 301 g/mol. The largest absolute Gasteiger partial charge is 0.397 e. The molecule has 0 saturated heterocycles. The molecule has 1 unspecified atom stereocenters. The molecule has 19 heavy (non-hydrogen) atoms. The van der Waals surface area contributed by atoms with E-state index >= 15 is 0 Å². The SMILES string of the molecule is CSCCN(C)C(C)C(=O)Nc1ccc(Cl)c(N)c1. The maximum Gasteiger partial charge on any atom is 0.241 e. The van der Waals surface area contributed by atoms with Gasteiger partial charge < -0.3 is 11.1 Å². The summed E-state index contributed by atoms with van der Waals surface area (Å²) in [5.74, 6) is 0.951. The summed E-state index contributed by atoms with van der Waals surface area (Å²) < 4.78 is 0. The van der Waals surface area contributed by atoms with Gasteiger partial charge in [0.1, 0.15) is 0 Å². The van der Waals surface area contributed by atoms with E-state index in [2.05, 4.69) is 11.6 Å². The van der Waals surface area contributed by atoms with Gasteiger partial charge in [0.25, 0.3) is 0 Å². The van der Waals surface area contributed by atoms with Gasteiger partial charge in [-0.3, -0.25) is 9.69 Å². The third-order valence-corrected chi connectivity index (χ3v) is 3.89. The number of carbonyl (C=O) groups is 1. The highest BCUT2D eigenvalue weighted by Gasteiger charge is 2.17. The average molecular weight is 302 g/mol. The highest BCUT2D eigenvalue weighted by atomic mass is 35.5. The summed E-state index contributed by atoms with van der Waals surface area (Å²) in [6, 6.07) is 4.89. The number of hydrogen-bond acceptors (Lipinski definition) is 4. The zero-order valence-corrected chi connectivity index (χ0v) is 13.0. The molecular formula is C13H20ClN3OS. The minimum absolute atomic E-state index is 0.0506. The summed E-state index contributed by atoms with van der Waals surface area (Å²) in [4.78, 5) is 14.1. The molecule has 4 nitrogen and oxygen atoms in total. The van der Waals surface area contributed by atoms with Crippen molar-refractivity contribution in [2.75, 3.05) is 36.7 Å². The molecule has 0 saturated carbocycles. The lowest BCUT2D eigenvalue weighted by atomic mass is 10.2. The Hall–Kier alpha value is -0.910. The van der Waals surface area contributed by atoms with Crippen molar-refractivity contribution in [2.24, 2.45) is 0 Å². The van der Waals surface area contributed by atoms with Crippen molar-refractivity contribution in [2.45, 2.75) is 13.0 Å². The van der Waals surface area contributed by atoms with Crippen LogP contribution < -0.4 is 11.1 Å². The summed E-state index contributed by atoms with van der Waals surface area (Å²) in [5, 5.41) is 3.33. The number of nitrogens with two attached hydrogens (primary N) is 1. The van der Waals surface area contributed by atoms with Gasteiger partial charge in [0, 0.05) is 18.0 Å². The molecule has 0 spiro atoms. The van der Waals surface area contributed by atoms with Crippen LogP contribution in [0.15, 0.2) is 18.2 Å². The van der Waals surface area contributed by atoms with E-state index in [1.54, 1.807) is 30.0 Å². The van der Waals surface area contributed by atoms with E-state index in [1.807, 2.05) is 18.9 Å². The topological polar surface area (TPSA) is 58.4 Å². The molecule has 0 radical (unpaired) electrons. The fourth-order valence-electron chi connectivity index (χ4n) is 1.50. The zero-order valence-electron chi connectivity index (χ0n) is 11.4. The molecule has 0 aliphatic rings. The fourth-order valence-corrected chi connectivity index (χ4v) is 2.09. The molecule has 1 aromatic carbocycles. The van der Waals surface area contributed by atoms with Crippen LogP contribution in [0, 0.1) is 0 Å². The van der Waals surface area contributed by atoms with Crippen LogP contribution in [0.4, 0.5) is 11.4 Å². The van der Waals surface area contributed by atoms with Crippen molar-refractivity contribution in [3.8, 4) is 0 Å². The predicted molar refractivity (Wildman–Crippen MR) is 85.0 cm³/mol. The lowest BCUT2D eigenvalue weighted by Crippen LogP contribution is -2.40. The number of thioether (sulfide) groups is 1. The van der Waals surface area contributed by atoms with Gasteiger partial charge >= 0.3 is 0 Å². The number of amides is 1. The molecule has 6 heteroatoms. The first-order valence-electron chi connectivity index (χ1n) is 6.00. The number of nitrogens with zero attached hydrogens (tertiary/aromatic N) is 1. The Balaban J connectivity index is 2.60. The summed E-state index contributed by atoms with van der Waals surface area (Å²) in [6.45, 7) is 2.76. The van der Waals surface area contributed by atoms with Gasteiger partial charge in [0.05, 0.1) is 16.8 Å². The van der Waals surface area contributed by atoms with E-state index in [4.69, 9.17) is 17.3 Å². The van der Waals surface area contributed by atoms with Gasteiger partial charge in [-0.2, -0.15) is 11.8 Å². The van der Waals surface area contributed by atoms with Crippen LogP contribution in [0.25, 0.3) is 0 Å². The summed E-state index contributed by atoms with van der Waals surface area (Å²) >= 11 is 7.60. The third kappa shape index (κ3) is 4.93. The molecule has 1 aromatic rings. The van der Waals surface area contributed by atoms with Crippen LogP contribution in [0.1, 0.15) is 6.92 Å². The second kappa shape index (κ2) is 7.62. The maximum atomic E-state index is 12.1. The van der Waals surface area contributed by atoms with Crippen molar-refractivity contribution >= 4 is 40.6 Å². The second-order valence-electron chi connectivity index (χ2n) is 4.37. The Morgan fingerprint density at radius 2 is 2.26 bits per heavy atom. The normalized spacial score (nSPS) is 12.5. The molecule has 0 aliphatic heterocycles. The van der Waals surface area contributed by atoms with E-state index < -0.39 is 0 Å². The third-order valence-electron chi connectivity index (χ3n) is 2.95. The minimum atomic E-state index is -0.191. The molecule has 106 valence electrons. The number of halogens is 1. The van der Waals surface area contributed by atoms with E-state index in [0.717, 1.165) is 12.3 Å². The molecule has 1 atom stereocenters. The number of rotatable bonds is 6. The van der Waals surface area contributed by atoms with Crippen LogP contribution in [0.5, 0.6) is 0 Å². The molecule has 3 N–H and O–H groups in total. The quantitative estimate of drug-likeness (QED) is 0.793. The summed E-state index contributed by atoms with van der Waals surface area (Å²) in [7, 11) is 1.94. The van der Waals surface area contributed by atoms with Crippen LogP contribution in [-0.4, -0.2) is 42.4 Å². The number of benzene rings is 1. The number of hydrogen-bond donors (Lipinski definition) is 2. The Morgan fingerprint density at radius 1 is 1.58 bits per heavy atom. The predicted octanol–water partition coefficient (Wildman–Crippen LogP) is 2.54. The molecule has 0 heterocycles. The van der Waals surface area contributed by atoms with Crippen LogP contribution in [0.3, 0.4) is 0 Å². The first kappa shape index (κ1) is 16.1. The average Bonchev–Trinajstić information content (AvgIpc) is 2.39. The number of likely N-dealkylation sites (N-methyl/N-ethyl adjacent to an activating group) is 1. The van der Waals surface area contributed by atoms with Crippen molar-refractivity contribution in [1.29, 1.82) is 0 Å². The van der Waals surface area contributed by atoms with Gasteiger partial charge in [-0.05, 0) is 38.4 Å². The van der Waals surface area contributed by atoms with E-state index in [1.165, 1.54) is 0 Å². The minimum Gasteiger partial charge on any atom is -0.397 e. The van der Waals surface area contributed by atoms with Crippen LogP contribution in [0.2, 0.25) is 5.02 Å². The number of carbonyl (C=O) groups excluding carboxylic acids is 1. The first-order valence-corrected chi connectivity index (χ1v) is 7.78. The van der Waals surface area contributed by atoms with Crippen molar-refractivity contribution < 1.29 is 4.79 Å². The van der Waals surface area contributed by atoms with Crippen molar-refractivity contribution in [3.05, 3.63) is 23.2 Å².